The molecule has 1 heterocycles. The fourth-order valence-electron chi connectivity index (χ4n) is 1.44. The lowest BCUT2D eigenvalue weighted by molar-refractivity contribution is -0.222. The quantitative estimate of drug-likeness (QED) is 0.632. The molecule has 82 valence electrons. The number of hydrogen-bond acceptors (Lipinski definition) is 3. The summed E-state index contributed by atoms with van der Waals surface area (Å²) in [6.07, 6.45) is 0.665. The SMILES string of the molecule is [2H]C(OCC)(OCC)N1CCCCC1=O. The third kappa shape index (κ3) is 2.96. The summed E-state index contributed by atoms with van der Waals surface area (Å²) in [5, 5.41) is 0. The van der Waals surface area contributed by atoms with Crippen molar-refractivity contribution in [3.8, 4) is 0 Å². The van der Waals surface area contributed by atoms with Crippen LogP contribution >= 0.6 is 0 Å². The Morgan fingerprint density at radius 1 is 1.43 bits per heavy atom. The van der Waals surface area contributed by atoms with E-state index in [0.717, 1.165) is 12.8 Å². The average Bonchev–Trinajstić information content (AvgIpc) is 2.19. The highest BCUT2D eigenvalue weighted by atomic mass is 16.7. The molecule has 0 N–H and O–H groups in total. The van der Waals surface area contributed by atoms with E-state index in [1.54, 1.807) is 13.8 Å². The number of ether oxygens (including phenoxy) is 2. The van der Waals surface area contributed by atoms with Crippen molar-refractivity contribution in [2.45, 2.75) is 39.5 Å². The van der Waals surface area contributed by atoms with E-state index in [2.05, 4.69) is 0 Å². The van der Waals surface area contributed by atoms with E-state index in [1.807, 2.05) is 0 Å². The van der Waals surface area contributed by atoms with Crippen molar-refractivity contribution in [3.63, 3.8) is 0 Å². The number of piperidine rings is 1. The van der Waals surface area contributed by atoms with Crippen LogP contribution in [0.2, 0.25) is 0 Å². The van der Waals surface area contributed by atoms with Gasteiger partial charge in [0.2, 0.25) is 12.3 Å². The minimum atomic E-state index is -1.62. The van der Waals surface area contributed by atoms with Crippen molar-refractivity contribution in [2.75, 3.05) is 19.8 Å². The molecule has 0 atom stereocenters. The van der Waals surface area contributed by atoms with Crippen LogP contribution in [0.15, 0.2) is 0 Å². The van der Waals surface area contributed by atoms with Crippen LogP contribution in [0.1, 0.15) is 34.5 Å². The summed E-state index contributed by atoms with van der Waals surface area (Å²) in [6.45, 7) is 4.83. The third-order valence-corrected chi connectivity index (χ3v) is 2.08. The lowest BCUT2D eigenvalue weighted by Crippen LogP contribution is -2.46. The molecule has 14 heavy (non-hydrogen) atoms. The fraction of sp³-hybridized carbons (Fsp3) is 0.900. The molecule has 0 bridgehead atoms. The minimum absolute atomic E-state index is 0.0573. The molecule has 0 spiro atoms. The fourth-order valence-corrected chi connectivity index (χ4v) is 1.44. The highest BCUT2D eigenvalue weighted by molar-refractivity contribution is 5.76. The van der Waals surface area contributed by atoms with Crippen molar-refractivity contribution >= 4 is 5.91 Å². The second-order valence-electron chi connectivity index (χ2n) is 3.13. The van der Waals surface area contributed by atoms with E-state index in [1.165, 1.54) is 4.90 Å². The molecule has 1 saturated heterocycles. The molecule has 4 nitrogen and oxygen atoms in total. The van der Waals surface area contributed by atoms with Crippen LogP contribution in [-0.2, 0) is 14.3 Å². The summed E-state index contributed by atoms with van der Waals surface area (Å²) >= 11 is 0. The van der Waals surface area contributed by atoms with Crippen molar-refractivity contribution in [1.29, 1.82) is 0 Å². The average molecular weight is 202 g/mol. The number of likely N-dealkylation sites (tertiary alicyclic amines) is 1. The second-order valence-corrected chi connectivity index (χ2v) is 3.13. The van der Waals surface area contributed by atoms with Gasteiger partial charge >= 0.3 is 0 Å². The van der Waals surface area contributed by atoms with Crippen LogP contribution in [0.25, 0.3) is 0 Å². The Kier molecular flexibility index (Phi) is 4.24. The first kappa shape index (κ1) is 9.93. The van der Waals surface area contributed by atoms with Crippen LogP contribution in [0.3, 0.4) is 0 Å². The van der Waals surface area contributed by atoms with E-state index in [0.29, 0.717) is 26.2 Å². The lowest BCUT2D eigenvalue weighted by atomic mass is 10.1. The predicted octanol–water partition coefficient (Wildman–Crippen LogP) is 1.36. The largest absolute Gasteiger partial charge is 0.335 e. The summed E-state index contributed by atoms with van der Waals surface area (Å²) in [7, 11) is 0. The molecule has 0 radical (unpaired) electrons. The number of hydrogen-bond donors (Lipinski definition) is 0. The monoisotopic (exact) mass is 202 g/mol. The molecular formula is C10H19NO3. The standard InChI is InChI=1S/C10H19NO3/c1-3-13-10(14-4-2)11-8-6-5-7-9(11)12/h10H,3-8H2,1-2H3/i10D. The number of rotatable bonds is 5. The Balaban J connectivity index is 2.72. The molecule has 0 aromatic carbocycles. The van der Waals surface area contributed by atoms with E-state index in [4.69, 9.17) is 10.8 Å². The summed E-state index contributed by atoms with van der Waals surface area (Å²) < 4.78 is 18.5. The van der Waals surface area contributed by atoms with Crippen molar-refractivity contribution in [2.24, 2.45) is 0 Å². The van der Waals surface area contributed by atoms with Gasteiger partial charge in [-0.05, 0) is 26.7 Å². The van der Waals surface area contributed by atoms with Gasteiger partial charge in [0.25, 0.3) is 0 Å². The smallest absolute Gasteiger partial charge is 0.242 e. The zero-order valence-corrected chi connectivity index (χ0v) is 8.91. The maximum atomic E-state index is 11.6. The summed E-state index contributed by atoms with van der Waals surface area (Å²) in [4.78, 5) is 13.0. The first-order chi connectivity index (χ1) is 7.14. The van der Waals surface area contributed by atoms with E-state index >= 15 is 0 Å². The van der Waals surface area contributed by atoms with Crippen LogP contribution in [0.4, 0.5) is 0 Å². The van der Waals surface area contributed by atoms with Gasteiger partial charge in [-0.15, -0.1) is 0 Å². The Bertz CT molecular complexity index is 217. The first-order valence-electron chi connectivity index (χ1n) is 5.72. The highest BCUT2D eigenvalue weighted by Gasteiger charge is 2.26. The highest BCUT2D eigenvalue weighted by Crippen LogP contribution is 2.15. The summed E-state index contributed by atoms with van der Waals surface area (Å²) in [5.41, 5.74) is 0. The van der Waals surface area contributed by atoms with Gasteiger partial charge in [0.05, 0.1) is 0 Å². The zero-order valence-electron chi connectivity index (χ0n) is 9.91. The Hall–Kier alpha value is -0.610. The summed E-state index contributed by atoms with van der Waals surface area (Å²) in [5.74, 6) is -0.0573. The third-order valence-electron chi connectivity index (χ3n) is 2.08. The molecule has 0 aliphatic carbocycles. The molecule has 0 saturated carbocycles. The molecular weight excluding hydrogens is 182 g/mol. The number of amides is 1. The molecule has 1 aliphatic heterocycles. The van der Waals surface area contributed by atoms with E-state index < -0.39 is 6.39 Å². The first-order valence-corrected chi connectivity index (χ1v) is 5.22. The van der Waals surface area contributed by atoms with Gasteiger partial charge in [-0.25, -0.2) is 0 Å². The number of nitrogens with zero attached hydrogens (tertiary/aromatic N) is 1. The van der Waals surface area contributed by atoms with Gasteiger partial charge in [-0.3, -0.25) is 9.69 Å². The van der Waals surface area contributed by atoms with Gasteiger partial charge < -0.3 is 9.47 Å². The van der Waals surface area contributed by atoms with E-state index in [9.17, 15) is 4.79 Å². The molecule has 1 aliphatic rings. The van der Waals surface area contributed by atoms with Crippen LogP contribution in [-0.4, -0.2) is 37.0 Å². The maximum absolute atomic E-state index is 11.6. The summed E-state index contributed by atoms with van der Waals surface area (Å²) in [6, 6.07) is 0. The second kappa shape index (κ2) is 5.98. The molecule has 0 aromatic rings. The Morgan fingerprint density at radius 3 is 2.57 bits per heavy atom. The number of carbonyl (C=O) groups excluding carboxylic acids is 1. The molecule has 1 amide bonds. The Labute approximate surface area is 86.6 Å². The van der Waals surface area contributed by atoms with Gasteiger partial charge in [0.15, 0.2) is 0 Å². The predicted molar refractivity (Wildman–Crippen MR) is 52.6 cm³/mol. The molecule has 1 rings (SSSR count). The lowest BCUT2D eigenvalue weighted by Gasteiger charge is -2.33. The molecule has 4 heteroatoms. The van der Waals surface area contributed by atoms with Crippen LogP contribution in [0.5, 0.6) is 0 Å². The van der Waals surface area contributed by atoms with Crippen molar-refractivity contribution in [1.82, 2.24) is 4.90 Å². The van der Waals surface area contributed by atoms with Gasteiger partial charge in [0, 0.05) is 26.2 Å². The van der Waals surface area contributed by atoms with Gasteiger partial charge in [-0.2, -0.15) is 0 Å². The Morgan fingerprint density at radius 2 is 2.07 bits per heavy atom. The molecule has 0 unspecified atom stereocenters. The van der Waals surface area contributed by atoms with Crippen LogP contribution in [0, 0.1) is 0 Å². The topological polar surface area (TPSA) is 38.8 Å². The molecule has 1 fully saturated rings. The molecule has 0 aromatic heterocycles. The minimum Gasteiger partial charge on any atom is -0.335 e. The van der Waals surface area contributed by atoms with Crippen molar-refractivity contribution in [3.05, 3.63) is 0 Å². The van der Waals surface area contributed by atoms with Crippen molar-refractivity contribution < 1.29 is 15.6 Å². The number of carbonyl (C=O) groups is 1. The van der Waals surface area contributed by atoms with Crippen LogP contribution < -0.4 is 0 Å². The normalized spacial score (nSPS) is 19.7. The zero-order chi connectivity index (χ0) is 11.3. The van der Waals surface area contributed by atoms with E-state index in [-0.39, 0.29) is 5.91 Å². The maximum Gasteiger partial charge on any atom is 0.242 e. The van der Waals surface area contributed by atoms with Gasteiger partial charge in [0.1, 0.15) is 1.37 Å². The van der Waals surface area contributed by atoms with Gasteiger partial charge in [-0.1, -0.05) is 0 Å².